The number of aldehydes is 1. The summed E-state index contributed by atoms with van der Waals surface area (Å²) in [5.74, 6) is 0. The fourth-order valence-corrected chi connectivity index (χ4v) is 1.74. The summed E-state index contributed by atoms with van der Waals surface area (Å²) in [4.78, 5) is 15.0. The van der Waals surface area contributed by atoms with Gasteiger partial charge in [-0.2, -0.15) is 0 Å². The summed E-state index contributed by atoms with van der Waals surface area (Å²) in [6.45, 7) is 0.664. The number of hydrogen-bond acceptors (Lipinski definition) is 3. The third kappa shape index (κ3) is 1.68. The van der Waals surface area contributed by atoms with Crippen molar-refractivity contribution in [2.75, 3.05) is 6.54 Å². The van der Waals surface area contributed by atoms with E-state index in [9.17, 15) is 4.79 Å². The minimum atomic E-state index is 0.238. The molecule has 0 aliphatic carbocycles. The molecular weight excluding hydrogens is 190 g/mol. The van der Waals surface area contributed by atoms with Crippen LogP contribution in [0.2, 0.25) is 0 Å². The quantitative estimate of drug-likeness (QED) is 0.449. The zero-order valence-corrected chi connectivity index (χ0v) is 8.18. The van der Waals surface area contributed by atoms with Gasteiger partial charge in [-0.1, -0.05) is 24.3 Å². The highest BCUT2D eigenvalue weighted by atomic mass is 16.2. The Morgan fingerprint density at radius 1 is 1.40 bits per heavy atom. The molecule has 0 radical (unpaired) electrons. The van der Waals surface area contributed by atoms with Crippen LogP contribution in [-0.2, 0) is 11.2 Å². The van der Waals surface area contributed by atoms with Crippen LogP contribution in [0.3, 0.4) is 0 Å². The Labute approximate surface area is 87.8 Å². The lowest BCUT2D eigenvalue weighted by Crippen LogP contribution is -2.15. The molecule has 0 unspecified atom stereocenters. The first-order valence-electron chi connectivity index (χ1n) is 4.79. The zero-order chi connectivity index (χ0) is 10.7. The van der Waals surface area contributed by atoms with Crippen molar-refractivity contribution < 1.29 is 9.90 Å². The Bertz CT molecular complexity index is 447. The van der Waals surface area contributed by atoms with Crippen molar-refractivity contribution in [3.05, 3.63) is 47.2 Å². The van der Waals surface area contributed by atoms with Crippen LogP contribution in [0.25, 0.3) is 0 Å². The van der Waals surface area contributed by atoms with Gasteiger partial charge < -0.3 is 5.11 Å². The van der Waals surface area contributed by atoms with Crippen molar-refractivity contribution in [3.63, 3.8) is 0 Å². The van der Waals surface area contributed by atoms with Crippen molar-refractivity contribution in [1.82, 2.24) is 0 Å². The molecule has 2 rings (SSSR count). The maximum Gasteiger partial charge on any atom is 0.155 e. The van der Waals surface area contributed by atoms with Crippen LogP contribution >= 0.6 is 0 Å². The van der Waals surface area contributed by atoms with E-state index < -0.39 is 0 Å². The number of aliphatic imine (C=N–C) groups is 1. The van der Waals surface area contributed by atoms with Gasteiger partial charge in [-0.15, -0.1) is 0 Å². The average molecular weight is 201 g/mol. The number of allylic oxidation sites excluding steroid dienone is 1. The molecule has 0 saturated heterocycles. The first-order chi connectivity index (χ1) is 7.36. The fourth-order valence-electron chi connectivity index (χ4n) is 1.74. The molecule has 0 saturated carbocycles. The largest absolute Gasteiger partial charge is 0.515 e. The van der Waals surface area contributed by atoms with E-state index in [1.54, 1.807) is 0 Å². The summed E-state index contributed by atoms with van der Waals surface area (Å²) in [6.07, 6.45) is 2.33. The lowest BCUT2D eigenvalue weighted by molar-refractivity contribution is -0.104. The molecule has 1 aliphatic heterocycles. The highest BCUT2D eigenvalue weighted by Gasteiger charge is 2.16. The zero-order valence-electron chi connectivity index (χ0n) is 8.18. The Morgan fingerprint density at radius 2 is 2.20 bits per heavy atom. The van der Waals surface area contributed by atoms with Crippen LogP contribution in [0.4, 0.5) is 0 Å². The predicted octanol–water partition coefficient (Wildman–Crippen LogP) is 1.67. The molecule has 15 heavy (non-hydrogen) atoms. The van der Waals surface area contributed by atoms with Crippen LogP contribution in [0.15, 0.2) is 41.1 Å². The normalized spacial score (nSPS) is 15.5. The second kappa shape index (κ2) is 4.09. The van der Waals surface area contributed by atoms with Crippen molar-refractivity contribution >= 4 is 12.0 Å². The molecule has 3 heteroatoms. The summed E-state index contributed by atoms with van der Waals surface area (Å²) in [6, 6.07) is 7.80. The maximum absolute atomic E-state index is 10.7. The van der Waals surface area contributed by atoms with E-state index in [-0.39, 0.29) is 5.57 Å². The van der Waals surface area contributed by atoms with Gasteiger partial charge in [0.05, 0.1) is 17.5 Å². The topological polar surface area (TPSA) is 49.7 Å². The maximum atomic E-state index is 10.7. The Morgan fingerprint density at radius 3 is 2.93 bits per heavy atom. The predicted molar refractivity (Wildman–Crippen MR) is 58.3 cm³/mol. The van der Waals surface area contributed by atoms with E-state index in [4.69, 9.17) is 5.11 Å². The Balaban J connectivity index is 2.51. The fraction of sp³-hybridized carbons (Fsp3) is 0.167. The molecule has 76 valence electrons. The van der Waals surface area contributed by atoms with Crippen molar-refractivity contribution in [1.29, 1.82) is 0 Å². The van der Waals surface area contributed by atoms with E-state index >= 15 is 0 Å². The van der Waals surface area contributed by atoms with Gasteiger partial charge in [0.25, 0.3) is 0 Å². The number of carbonyl (C=O) groups excluding carboxylic acids is 1. The highest BCUT2D eigenvalue weighted by Crippen LogP contribution is 2.18. The number of benzene rings is 1. The van der Waals surface area contributed by atoms with Gasteiger partial charge in [0.2, 0.25) is 0 Å². The molecule has 1 aromatic carbocycles. The van der Waals surface area contributed by atoms with Gasteiger partial charge >= 0.3 is 0 Å². The van der Waals surface area contributed by atoms with Crippen LogP contribution in [-0.4, -0.2) is 23.6 Å². The van der Waals surface area contributed by atoms with Gasteiger partial charge in [-0.05, 0) is 12.0 Å². The van der Waals surface area contributed by atoms with Crippen molar-refractivity contribution in [2.24, 2.45) is 4.99 Å². The highest BCUT2D eigenvalue weighted by molar-refractivity contribution is 6.23. The van der Waals surface area contributed by atoms with Crippen LogP contribution in [0, 0.1) is 0 Å². The Hall–Kier alpha value is -1.90. The first-order valence-corrected chi connectivity index (χ1v) is 4.79. The third-order valence-electron chi connectivity index (χ3n) is 2.46. The molecule has 0 fully saturated rings. The third-order valence-corrected chi connectivity index (χ3v) is 2.46. The van der Waals surface area contributed by atoms with Gasteiger partial charge in [-0.3, -0.25) is 9.79 Å². The first kappa shape index (κ1) is 9.65. The van der Waals surface area contributed by atoms with E-state index in [2.05, 4.69) is 4.99 Å². The average Bonchev–Trinajstić information content (AvgIpc) is 2.31. The van der Waals surface area contributed by atoms with Gasteiger partial charge in [-0.25, -0.2) is 0 Å². The summed E-state index contributed by atoms with van der Waals surface area (Å²) in [5.41, 5.74) is 2.94. The van der Waals surface area contributed by atoms with Crippen LogP contribution < -0.4 is 0 Å². The molecule has 1 N–H and O–H groups in total. The van der Waals surface area contributed by atoms with Gasteiger partial charge in [0, 0.05) is 12.1 Å². The number of carbonyl (C=O) groups is 1. The summed E-state index contributed by atoms with van der Waals surface area (Å²) < 4.78 is 0. The lowest BCUT2D eigenvalue weighted by atomic mass is 9.94. The molecule has 0 aromatic heterocycles. The number of aliphatic hydroxyl groups excluding tert-OH is 1. The molecule has 0 amide bonds. The molecule has 0 spiro atoms. The van der Waals surface area contributed by atoms with Crippen molar-refractivity contribution in [2.45, 2.75) is 6.42 Å². The minimum Gasteiger partial charge on any atom is -0.515 e. The number of fused-ring (bicyclic) bond motifs is 1. The molecule has 0 bridgehead atoms. The van der Waals surface area contributed by atoms with E-state index in [1.165, 1.54) is 5.56 Å². The number of hydrogen-bond donors (Lipinski definition) is 1. The minimum absolute atomic E-state index is 0.238. The second-order valence-corrected chi connectivity index (χ2v) is 3.34. The molecule has 1 aromatic rings. The summed E-state index contributed by atoms with van der Waals surface area (Å²) in [7, 11) is 0. The number of nitrogens with zero attached hydrogens (tertiary/aromatic N) is 1. The number of rotatable bonds is 2. The lowest BCUT2D eigenvalue weighted by Gasteiger charge is -2.15. The monoisotopic (exact) mass is 201 g/mol. The van der Waals surface area contributed by atoms with Crippen LogP contribution in [0.1, 0.15) is 11.1 Å². The number of aliphatic hydroxyl groups is 1. The van der Waals surface area contributed by atoms with E-state index in [0.29, 0.717) is 18.5 Å². The SMILES string of the molecule is O=C/C(=C\O)C1=NCCc2ccccc21. The van der Waals surface area contributed by atoms with E-state index in [1.807, 2.05) is 24.3 Å². The summed E-state index contributed by atoms with van der Waals surface area (Å²) in [5, 5.41) is 8.93. The summed E-state index contributed by atoms with van der Waals surface area (Å²) >= 11 is 0. The second-order valence-electron chi connectivity index (χ2n) is 3.34. The smallest absolute Gasteiger partial charge is 0.155 e. The molecule has 3 nitrogen and oxygen atoms in total. The van der Waals surface area contributed by atoms with Gasteiger partial charge in [0.1, 0.15) is 0 Å². The van der Waals surface area contributed by atoms with Crippen molar-refractivity contribution in [3.8, 4) is 0 Å². The van der Waals surface area contributed by atoms with Crippen LogP contribution in [0.5, 0.6) is 0 Å². The molecular formula is C12H11NO2. The molecule has 0 atom stereocenters. The molecule has 1 heterocycles. The van der Waals surface area contributed by atoms with E-state index in [0.717, 1.165) is 18.2 Å². The molecule has 1 aliphatic rings. The Kier molecular flexibility index (Phi) is 2.63. The van der Waals surface area contributed by atoms with Gasteiger partial charge in [0.15, 0.2) is 6.29 Å². The standard InChI is InChI=1S/C12H11NO2/c14-7-10(8-15)12-11-4-2-1-3-9(11)5-6-13-12/h1-4,7-8,14H,5-6H2/b10-7+.